The fourth-order valence-corrected chi connectivity index (χ4v) is 3.30. The summed E-state index contributed by atoms with van der Waals surface area (Å²) in [4.78, 5) is 14.2. The second-order valence-corrected chi connectivity index (χ2v) is 7.36. The quantitative estimate of drug-likeness (QED) is 0.784. The molecule has 2 fully saturated rings. The molecule has 0 aromatic carbocycles. The van der Waals surface area contributed by atoms with Crippen molar-refractivity contribution in [3.63, 3.8) is 0 Å². The van der Waals surface area contributed by atoms with E-state index in [1.165, 1.54) is 0 Å². The average Bonchev–Trinajstić information content (AvgIpc) is 2.79. The van der Waals surface area contributed by atoms with E-state index < -0.39 is 17.5 Å². The second-order valence-electron chi connectivity index (χ2n) is 7.36. The third-order valence-electron chi connectivity index (χ3n) is 3.96. The number of amides is 1. The van der Waals surface area contributed by atoms with Crippen LogP contribution in [0.3, 0.4) is 0 Å². The normalized spacial score (nSPS) is 33.4. The molecule has 1 amide bonds. The Bertz CT molecular complexity index is 478. The van der Waals surface area contributed by atoms with Crippen LogP contribution in [0.4, 0.5) is 4.79 Å². The number of carbonyl (C=O) groups is 1. The molecule has 6 heteroatoms. The van der Waals surface area contributed by atoms with Crippen LogP contribution in [0.2, 0.25) is 0 Å². The van der Waals surface area contributed by atoms with Crippen molar-refractivity contribution in [3.8, 4) is 6.07 Å². The largest absolute Gasteiger partial charge is 0.444 e. The highest BCUT2D eigenvalue weighted by Gasteiger charge is 2.59. The van der Waals surface area contributed by atoms with E-state index >= 15 is 0 Å². The van der Waals surface area contributed by atoms with Gasteiger partial charge in [0.05, 0.1) is 24.6 Å². The predicted molar refractivity (Wildman–Crippen MR) is 80.0 cm³/mol. The van der Waals surface area contributed by atoms with E-state index in [9.17, 15) is 4.79 Å². The van der Waals surface area contributed by atoms with Crippen molar-refractivity contribution in [2.24, 2.45) is 0 Å². The number of rotatable bonds is 2. The molecule has 1 unspecified atom stereocenters. The van der Waals surface area contributed by atoms with Gasteiger partial charge in [-0.25, -0.2) is 4.79 Å². The maximum absolute atomic E-state index is 12.6. The van der Waals surface area contributed by atoms with Crippen molar-refractivity contribution in [1.29, 1.82) is 5.26 Å². The average molecular weight is 310 g/mol. The monoisotopic (exact) mass is 310 g/mol. The van der Waals surface area contributed by atoms with Gasteiger partial charge in [0.15, 0.2) is 5.79 Å². The van der Waals surface area contributed by atoms with Gasteiger partial charge < -0.3 is 14.2 Å². The summed E-state index contributed by atoms with van der Waals surface area (Å²) in [6, 6.07) is 1.68. The lowest BCUT2D eigenvalue weighted by Crippen LogP contribution is -2.48. The molecule has 2 heterocycles. The summed E-state index contributed by atoms with van der Waals surface area (Å²) in [6.07, 6.45) is 0.0231. The van der Waals surface area contributed by atoms with Gasteiger partial charge in [-0.2, -0.15) is 5.26 Å². The first-order valence-electron chi connectivity index (χ1n) is 7.83. The Hall–Kier alpha value is -1.32. The van der Waals surface area contributed by atoms with Crippen molar-refractivity contribution < 1.29 is 19.0 Å². The Balaban J connectivity index is 2.28. The van der Waals surface area contributed by atoms with E-state index in [-0.39, 0.29) is 30.7 Å². The molecule has 2 aliphatic rings. The van der Waals surface area contributed by atoms with Gasteiger partial charge in [0.2, 0.25) is 0 Å². The molecule has 6 nitrogen and oxygen atoms in total. The SMILES string of the molecule is CC[C@@H]1[C@@H]2OC(C)(C)OC2[C@H](CC#N)N1C(=O)OC(C)(C)C. The van der Waals surface area contributed by atoms with Crippen LogP contribution in [-0.4, -0.2) is 46.7 Å². The Labute approximate surface area is 132 Å². The Morgan fingerprint density at radius 1 is 1.27 bits per heavy atom. The first-order chi connectivity index (χ1) is 10.1. The van der Waals surface area contributed by atoms with Gasteiger partial charge in [-0.15, -0.1) is 0 Å². The first kappa shape index (κ1) is 17.0. The number of nitriles is 1. The molecule has 0 spiro atoms. The fourth-order valence-electron chi connectivity index (χ4n) is 3.30. The molecule has 2 saturated heterocycles. The van der Waals surface area contributed by atoms with Crippen molar-refractivity contribution in [3.05, 3.63) is 0 Å². The number of likely N-dealkylation sites (tertiary alicyclic amines) is 1. The van der Waals surface area contributed by atoms with Gasteiger partial charge >= 0.3 is 6.09 Å². The van der Waals surface area contributed by atoms with Crippen LogP contribution < -0.4 is 0 Å². The van der Waals surface area contributed by atoms with Gasteiger partial charge in [-0.05, 0) is 41.0 Å². The van der Waals surface area contributed by atoms with Crippen molar-refractivity contribution >= 4 is 6.09 Å². The van der Waals surface area contributed by atoms with E-state index in [0.29, 0.717) is 0 Å². The van der Waals surface area contributed by atoms with E-state index in [1.54, 1.807) is 4.90 Å². The summed E-state index contributed by atoms with van der Waals surface area (Å²) in [5.74, 6) is -0.684. The standard InChI is InChI=1S/C16H26N2O4/c1-7-10-12-13(21-16(5,6)20-12)11(8-9-17)18(10)14(19)22-15(2,3)4/h10-13H,7-8H2,1-6H3/t10-,11+,12+,13?/m1/s1. The maximum atomic E-state index is 12.6. The van der Waals surface area contributed by atoms with Crippen LogP contribution in [-0.2, 0) is 14.2 Å². The van der Waals surface area contributed by atoms with E-state index in [0.717, 1.165) is 6.42 Å². The molecule has 0 aromatic heterocycles. The zero-order chi connectivity index (χ0) is 16.7. The third-order valence-corrected chi connectivity index (χ3v) is 3.96. The van der Waals surface area contributed by atoms with Crippen molar-refractivity contribution in [2.75, 3.05) is 0 Å². The Morgan fingerprint density at radius 3 is 2.27 bits per heavy atom. The number of ether oxygens (including phenoxy) is 3. The molecular formula is C16H26N2O4. The Kier molecular flexibility index (Phi) is 4.42. The molecular weight excluding hydrogens is 284 g/mol. The molecule has 0 bridgehead atoms. The van der Waals surface area contributed by atoms with Crippen LogP contribution in [0.5, 0.6) is 0 Å². The molecule has 2 rings (SSSR count). The lowest BCUT2D eigenvalue weighted by atomic mass is 10.1. The van der Waals surface area contributed by atoms with Gasteiger partial charge in [0, 0.05) is 0 Å². The minimum atomic E-state index is -0.684. The lowest BCUT2D eigenvalue weighted by Gasteiger charge is -2.34. The number of nitrogens with zero attached hydrogens (tertiary/aromatic N) is 2. The fraction of sp³-hybridized carbons (Fsp3) is 0.875. The Morgan fingerprint density at radius 2 is 1.82 bits per heavy atom. The van der Waals surface area contributed by atoms with E-state index in [4.69, 9.17) is 19.5 Å². The third kappa shape index (κ3) is 3.21. The van der Waals surface area contributed by atoms with Gasteiger partial charge in [0.25, 0.3) is 0 Å². The maximum Gasteiger partial charge on any atom is 0.411 e. The van der Waals surface area contributed by atoms with E-state index in [2.05, 4.69) is 6.07 Å². The number of hydrogen-bond donors (Lipinski definition) is 0. The second kappa shape index (κ2) is 5.71. The highest BCUT2D eigenvalue weighted by molar-refractivity contribution is 5.70. The smallest absolute Gasteiger partial charge is 0.411 e. The summed E-state index contributed by atoms with van der Waals surface area (Å²) in [6.45, 7) is 11.2. The van der Waals surface area contributed by atoms with Gasteiger partial charge in [-0.1, -0.05) is 6.92 Å². The summed E-state index contributed by atoms with van der Waals surface area (Å²) in [5, 5.41) is 9.14. The van der Waals surface area contributed by atoms with Crippen LogP contribution >= 0.6 is 0 Å². The first-order valence-corrected chi connectivity index (χ1v) is 7.83. The molecule has 0 radical (unpaired) electrons. The van der Waals surface area contributed by atoms with Crippen LogP contribution in [0.25, 0.3) is 0 Å². The number of carbonyl (C=O) groups excluding carboxylic acids is 1. The van der Waals surface area contributed by atoms with Crippen LogP contribution in [0.15, 0.2) is 0 Å². The summed E-state index contributed by atoms with van der Waals surface area (Å²) in [5.41, 5.74) is -0.578. The molecule has 0 aromatic rings. The molecule has 2 aliphatic heterocycles. The highest BCUT2D eigenvalue weighted by Crippen LogP contribution is 2.42. The molecule has 0 aliphatic carbocycles. The zero-order valence-corrected chi connectivity index (χ0v) is 14.3. The molecule has 0 saturated carbocycles. The van der Waals surface area contributed by atoms with Crippen LogP contribution in [0.1, 0.15) is 54.4 Å². The van der Waals surface area contributed by atoms with E-state index in [1.807, 2.05) is 41.5 Å². The highest BCUT2D eigenvalue weighted by atomic mass is 16.8. The summed E-state index contributed by atoms with van der Waals surface area (Å²) < 4.78 is 17.5. The lowest BCUT2D eigenvalue weighted by molar-refractivity contribution is -0.166. The minimum absolute atomic E-state index is 0.139. The van der Waals surface area contributed by atoms with Gasteiger partial charge in [0.1, 0.15) is 17.8 Å². The summed E-state index contributed by atoms with van der Waals surface area (Å²) in [7, 11) is 0. The number of fused-ring (bicyclic) bond motifs is 1. The molecule has 0 N–H and O–H groups in total. The number of hydrogen-bond acceptors (Lipinski definition) is 5. The summed E-state index contributed by atoms with van der Waals surface area (Å²) >= 11 is 0. The molecule has 124 valence electrons. The topological polar surface area (TPSA) is 71.8 Å². The zero-order valence-electron chi connectivity index (χ0n) is 14.3. The molecule has 4 atom stereocenters. The van der Waals surface area contributed by atoms with Crippen molar-refractivity contribution in [1.82, 2.24) is 4.90 Å². The minimum Gasteiger partial charge on any atom is -0.444 e. The van der Waals surface area contributed by atoms with Gasteiger partial charge in [-0.3, -0.25) is 4.90 Å². The van der Waals surface area contributed by atoms with Crippen LogP contribution in [0, 0.1) is 11.3 Å². The van der Waals surface area contributed by atoms with Crippen molar-refractivity contribution in [2.45, 2.75) is 90.1 Å². The predicted octanol–water partition coefficient (Wildman–Crippen LogP) is 2.82. The molecule has 22 heavy (non-hydrogen) atoms.